The molecule has 0 aliphatic carbocycles. The monoisotopic (exact) mass is 290 g/mol. The highest BCUT2D eigenvalue weighted by Gasteiger charge is 2.37. The van der Waals surface area contributed by atoms with Gasteiger partial charge in [0.1, 0.15) is 0 Å². The molecule has 4 nitrogen and oxygen atoms in total. The molecule has 3 N–H and O–H groups in total. The molecule has 0 saturated carbocycles. The minimum atomic E-state index is -0.643. The van der Waals surface area contributed by atoms with Crippen LogP contribution in [0.2, 0.25) is 0 Å². The van der Waals surface area contributed by atoms with Crippen molar-refractivity contribution in [1.29, 1.82) is 0 Å². The van der Waals surface area contributed by atoms with Gasteiger partial charge in [-0.15, -0.1) is 0 Å². The summed E-state index contributed by atoms with van der Waals surface area (Å²) in [5, 5.41) is 10.7. The molecule has 0 radical (unpaired) electrons. The van der Waals surface area contributed by atoms with Gasteiger partial charge >= 0.3 is 0 Å². The lowest BCUT2D eigenvalue weighted by Gasteiger charge is -2.41. The van der Waals surface area contributed by atoms with Crippen LogP contribution >= 0.6 is 0 Å². The summed E-state index contributed by atoms with van der Waals surface area (Å²) in [5.41, 5.74) is 6.41. The molecule has 1 fully saturated rings. The maximum atomic E-state index is 12.4. The quantitative estimate of drug-likeness (QED) is 0.823. The molecule has 116 valence electrons. The van der Waals surface area contributed by atoms with Gasteiger partial charge in [0.2, 0.25) is 0 Å². The van der Waals surface area contributed by atoms with Crippen LogP contribution in [0.15, 0.2) is 24.3 Å². The maximum absolute atomic E-state index is 12.4. The third-order valence-corrected chi connectivity index (χ3v) is 4.00. The molecule has 1 saturated heterocycles. The van der Waals surface area contributed by atoms with E-state index in [1.165, 1.54) is 0 Å². The molecule has 0 atom stereocenters. The SMILES string of the molecule is CC(C)(C)CC1(O)CCN(C(=O)c2ccc(N)cc2)CC1. The average molecular weight is 290 g/mol. The molecule has 0 unspecified atom stereocenters. The average Bonchev–Trinajstić information content (AvgIpc) is 2.37. The predicted octanol–water partition coefficient (Wildman–Crippen LogP) is 2.67. The number of aliphatic hydroxyl groups is 1. The summed E-state index contributed by atoms with van der Waals surface area (Å²) in [6, 6.07) is 7.00. The van der Waals surface area contributed by atoms with Crippen LogP contribution in [0, 0.1) is 5.41 Å². The van der Waals surface area contributed by atoms with Gasteiger partial charge in [-0.3, -0.25) is 4.79 Å². The fraction of sp³-hybridized carbons (Fsp3) is 0.588. The number of benzene rings is 1. The second-order valence-electron chi connectivity index (χ2n) is 7.38. The van der Waals surface area contributed by atoms with Crippen molar-refractivity contribution in [3.63, 3.8) is 0 Å². The lowest BCUT2D eigenvalue weighted by molar-refractivity contribution is -0.0436. The van der Waals surface area contributed by atoms with E-state index in [-0.39, 0.29) is 11.3 Å². The third kappa shape index (κ3) is 4.21. The van der Waals surface area contributed by atoms with Crippen LogP contribution in [0.1, 0.15) is 50.4 Å². The van der Waals surface area contributed by atoms with Crippen molar-refractivity contribution in [1.82, 2.24) is 4.90 Å². The molecule has 1 aromatic carbocycles. The molecule has 1 aliphatic rings. The summed E-state index contributed by atoms with van der Waals surface area (Å²) in [7, 11) is 0. The first-order valence-electron chi connectivity index (χ1n) is 7.56. The van der Waals surface area contributed by atoms with E-state index in [1.54, 1.807) is 24.3 Å². The van der Waals surface area contributed by atoms with E-state index in [9.17, 15) is 9.90 Å². The molecule has 1 aromatic rings. The minimum Gasteiger partial charge on any atom is -0.399 e. The normalized spacial score (nSPS) is 18.6. The molecule has 1 amide bonds. The van der Waals surface area contributed by atoms with Crippen LogP contribution in [-0.2, 0) is 0 Å². The van der Waals surface area contributed by atoms with Gasteiger partial charge in [0.15, 0.2) is 0 Å². The minimum absolute atomic E-state index is 0.0211. The number of anilines is 1. The number of rotatable bonds is 2. The van der Waals surface area contributed by atoms with Gasteiger partial charge in [-0.05, 0) is 48.9 Å². The van der Waals surface area contributed by atoms with E-state index in [0.717, 1.165) is 6.42 Å². The number of hydrogen-bond donors (Lipinski definition) is 2. The molecule has 1 heterocycles. The van der Waals surface area contributed by atoms with E-state index < -0.39 is 5.60 Å². The summed E-state index contributed by atoms with van der Waals surface area (Å²) in [4.78, 5) is 14.2. The Hall–Kier alpha value is -1.55. The highest BCUT2D eigenvalue weighted by molar-refractivity contribution is 5.94. The first-order chi connectivity index (χ1) is 9.69. The highest BCUT2D eigenvalue weighted by atomic mass is 16.3. The molecule has 4 heteroatoms. The van der Waals surface area contributed by atoms with Crippen molar-refractivity contribution in [2.24, 2.45) is 5.41 Å². The number of nitrogen functional groups attached to an aromatic ring is 1. The highest BCUT2D eigenvalue weighted by Crippen LogP contribution is 2.34. The lowest BCUT2D eigenvalue weighted by atomic mass is 9.77. The number of carbonyl (C=O) groups excluding carboxylic acids is 1. The van der Waals surface area contributed by atoms with Gasteiger partial charge in [-0.25, -0.2) is 0 Å². The van der Waals surface area contributed by atoms with Crippen molar-refractivity contribution in [2.75, 3.05) is 18.8 Å². The zero-order chi connectivity index (χ0) is 15.7. The van der Waals surface area contributed by atoms with Gasteiger partial charge in [-0.1, -0.05) is 20.8 Å². The van der Waals surface area contributed by atoms with Crippen molar-refractivity contribution < 1.29 is 9.90 Å². The Morgan fingerprint density at radius 3 is 2.24 bits per heavy atom. The first-order valence-corrected chi connectivity index (χ1v) is 7.56. The summed E-state index contributed by atoms with van der Waals surface area (Å²) < 4.78 is 0. The number of carbonyl (C=O) groups is 1. The third-order valence-electron chi connectivity index (χ3n) is 4.00. The van der Waals surface area contributed by atoms with Crippen molar-refractivity contribution in [3.8, 4) is 0 Å². The van der Waals surface area contributed by atoms with E-state index >= 15 is 0 Å². The lowest BCUT2D eigenvalue weighted by Crippen LogP contribution is -2.48. The van der Waals surface area contributed by atoms with Crippen LogP contribution in [0.5, 0.6) is 0 Å². The molecular formula is C17H26N2O2. The van der Waals surface area contributed by atoms with E-state index in [1.807, 2.05) is 4.90 Å². The summed E-state index contributed by atoms with van der Waals surface area (Å²) in [6.45, 7) is 7.62. The summed E-state index contributed by atoms with van der Waals surface area (Å²) >= 11 is 0. The second kappa shape index (κ2) is 5.68. The number of nitrogens with two attached hydrogens (primary N) is 1. The molecule has 0 bridgehead atoms. The Labute approximate surface area is 126 Å². The van der Waals surface area contributed by atoms with Crippen molar-refractivity contribution >= 4 is 11.6 Å². The summed E-state index contributed by atoms with van der Waals surface area (Å²) in [5.74, 6) is 0.0211. The first kappa shape index (κ1) is 15.8. The zero-order valence-electron chi connectivity index (χ0n) is 13.2. The van der Waals surface area contributed by atoms with Gasteiger partial charge in [0.05, 0.1) is 5.60 Å². The van der Waals surface area contributed by atoms with Crippen molar-refractivity contribution in [2.45, 2.75) is 45.6 Å². The summed E-state index contributed by atoms with van der Waals surface area (Å²) in [6.07, 6.45) is 2.06. The van der Waals surface area contributed by atoms with Gasteiger partial charge < -0.3 is 15.7 Å². The van der Waals surface area contributed by atoms with Crippen LogP contribution < -0.4 is 5.73 Å². The number of amides is 1. The number of piperidine rings is 1. The second-order valence-corrected chi connectivity index (χ2v) is 7.38. The zero-order valence-corrected chi connectivity index (χ0v) is 13.2. The topological polar surface area (TPSA) is 66.6 Å². The Kier molecular flexibility index (Phi) is 4.28. The number of nitrogens with zero attached hydrogens (tertiary/aromatic N) is 1. The van der Waals surface area contributed by atoms with Crippen LogP contribution in [0.25, 0.3) is 0 Å². The van der Waals surface area contributed by atoms with Crippen molar-refractivity contribution in [3.05, 3.63) is 29.8 Å². The van der Waals surface area contributed by atoms with Crippen LogP contribution in [0.4, 0.5) is 5.69 Å². The molecule has 0 spiro atoms. The van der Waals surface area contributed by atoms with Crippen LogP contribution in [0.3, 0.4) is 0 Å². The predicted molar refractivity (Wildman–Crippen MR) is 85.0 cm³/mol. The fourth-order valence-electron chi connectivity index (χ4n) is 3.10. The van der Waals surface area contributed by atoms with E-state index in [0.29, 0.717) is 37.2 Å². The number of hydrogen-bond acceptors (Lipinski definition) is 3. The Bertz CT molecular complexity index is 495. The Morgan fingerprint density at radius 1 is 1.24 bits per heavy atom. The largest absolute Gasteiger partial charge is 0.399 e. The molecule has 21 heavy (non-hydrogen) atoms. The maximum Gasteiger partial charge on any atom is 0.253 e. The molecule has 1 aliphatic heterocycles. The van der Waals surface area contributed by atoms with Gasteiger partial charge in [0, 0.05) is 24.3 Å². The van der Waals surface area contributed by atoms with Gasteiger partial charge in [0.25, 0.3) is 5.91 Å². The van der Waals surface area contributed by atoms with E-state index in [2.05, 4.69) is 20.8 Å². The van der Waals surface area contributed by atoms with E-state index in [4.69, 9.17) is 5.73 Å². The van der Waals surface area contributed by atoms with Crippen LogP contribution in [-0.4, -0.2) is 34.6 Å². The Morgan fingerprint density at radius 2 is 1.76 bits per heavy atom. The van der Waals surface area contributed by atoms with Gasteiger partial charge in [-0.2, -0.15) is 0 Å². The Balaban J connectivity index is 1.97. The molecular weight excluding hydrogens is 264 g/mol. The smallest absolute Gasteiger partial charge is 0.253 e. The number of likely N-dealkylation sites (tertiary alicyclic amines) is 1. The standard InChI is InChI=1S/C17H26N2O2/c1-16(2,3)12-17(21)8-10-19(11-9-17)15(20)13-4-6-14(18)7-5-13/h4-7,21H,8-12,18H2,1-3H3. The molecule has 0 aromatic heterocycles. The fourth-order valence-corrected chi connectivity index (χ4v) is 3.10. The molecule has 2 rings (SSSR count).